The van der Waals surface area contributed by atoms with Crippen LogP contribution in [0.3, 0.4) is 0 Å². The monoisotopic (exact) mass is 423 g/mol. The number of carbonyl (C=O) groups is 4. The van der Waals surface area contributed by atoms with E-state index in [1.165, 1.54) is 4.90 Å². The fourth-order valence-corrected chi connectivity index (χ4v) is 3.97. The van der Waals surface area contributed by atoms with Crippen LogP contribution >= 0.6 is 0 Å². The number of rotatable bonds is 6. The van der Waals surface area contributed by atoms with Gasteiger partial charge in [0, 0.05) is 12.1 Å². The van der Waals surface area contributed by atoms with Crippen molar-refractivity contribution in [1.82, 2.24) is 15.1 Å². The highest BCUT2D eigenvalue weighted by molar-refractivity contribution is 6.02. The highest BCUT2D eigenvalue weighted by Crippen LogP contribution is 2.34. The molecule has 3 amide bonds. The number of nitrogens with zero attached hydrogens (tertiary/aromatic N) is 2. The number of aryl methyl sites for hydroxylation is 1. The van der Waals surface area contributed by atoms with Crippen molar-refractivity contribution in [1.29, 1.82) is 0 Å². The summed E-state index contributed by atoms with van der Waals surface area (Å²) in [5.74, 6) is -2.29. The fourth-order valence-electron chi connectivity index (χ4n) is 3.97. The Labute approximate surface area is 178 Å². The van der Waals surface area contributed by atoms with Gasteiger partial charge in [-0.2, -0.15) is 0 Å². The maximum Gasteiger partial charge on any atom is 0.347 e. The molecule has 0 spiro atoms. The van der Waals surface area contributed by atoms with Crippen LogP contribution in [0.4, 0.5) is 0 Å². The zero-order chi connectivity index (χ0) is 22.1. The van der Waals surface area contributed by atoms with Gasteiger partial charge in [0.25, 0.3) is 11.8 Å². The first-order chi connectivity index (χ1) is 14.9. The number of aliphatic carboxylic acids is 1. The third-order valence-electron chi connectivity index (χ3n) is 5.49. The van der Waals surface area contributed by atoms with E-state index in [0.717, 1.165) is 4.90 Å². The van der Waals surface area contributed by atoms with Crippen molar-refractivity contribution in [2.24, 2.45) is 0 Å². The van der Waals surface area contributed by atoms with E-state index in [1.54, 1.807) is 55.5 Å². The van der Waals surface area contributed by atoms with Crippen LogP contribution in [-0.4, -0.2) is 70.0 Å². The zero-order valence-corrected chi connectivity index (χ0v) is 16.7. The van der Waals surface area contributed by atoms with Gasteiger partial charge in [0.05, 0.1) is 6.04 Å². The molecular weight excluding hydrogens is 402 g/mol. The lowest BCUT2D eigenvalue weighted by molar-refractivity contribution is -0.163. The minimum Gasteiger partial charge on any atom is -0.484 e. The van der Waals surface area contributed by atoms with Gasteiger partial charge in [0.1, 0.15) is 11.8 Å². The van der Waals surface area contributed by atoms with Crippen molar-refractivity contribution in [3.05, 3.63) is 65.7 Å². The lowest BCUT2D eigenvalue weighted by Crippen LogP contribution is -2.71. The number of nitrogens with one attached hydrogen (secondary N) is 1. The van der Waals surface area contributed by atoms with Crippen molar-refractivity contribution in [3.63, 3.8) is 0 Å². The second kappa shape index (κ2) is 8.10. The van der Waals surface area contributed by atoms with E-state index in [1.807, 2.05) is 6.07 Å². The molecule has 0 bridgehead atoms. The van der Waals surface area contributed by atoms with Crippen LogP contribution in [0, 0.1) is 6.92 Å². The molecule has 2 aromatic rings. The molecule has 0 saturated carbocycles. The lowest BCUT2D eigenvalue weighted by atomic mass is 9.96. The Bertz CT molecular complexity index is 1040. The SMILES string of the molecule is Cc1ccccc1C(=O)N1CC2[C@@H](NC(=O)COc3ccccc3)C(=O)N2C1C(=O)O. The van der Waals surface area contributed by atoms with Gasteiger partial charge in [-0.1, -0.05) is 36.4 Å². The average molecular weight is 423 g/mol. The predicted octanol–water partition coefficient (Wildman–Crippen LogP) is 0.636. The topological polar surface area (TPSA) is 116 Å². The summed E-state index contributed by atoms with van der Waals surface area (Å²) in [4.78, 5) is 52.0. The number of hydrogen-bond acceptors (Lipinski definition) is 5. The van der Waals surface area contributed by atoms with E-state index in [4.69, 9.17) is 4.74 Å². The normalized spacial score (nSPS) is 21.8. The number of β-lactam (4-membered cyclic amide) rings is 1. The Morgan fingerprint density at radius 3 is 2.45 bits per heavy atom. The molecule has 31 heavy (non-hydrogen) atoms. The van der Waals surface area contributed by atoms with Crippen LogP contribution in [0.15, 0.2) is 54.6 Å². The number of carbonyl (C=O) groups excluding carboxylic acids is 3. The number of benzene rings is 2. The summed E-state index contributed by atoms with van der Waals surface area (Å²) in [6.45, 7) is 1.49. The Hall–Kier alpha value is -3.88. The summed E-state index contributed by atoms with van der Waals surface area (Å²) in [6, 6.07) is 14.1. The standard InChI is InChI=1S/C22H21N3O6/c1-13-7-5-6-10-15(13)20(27)24-11-16-18(21(28)25(16)19(24)22(29)30)23-17(26)12-31-14-8-3-2-4-9-14/h2-10,16,18-19H,11-12H2,1H3,(H,23,26)(H,29,30)/t16?,18-,19?/m1/s1. The van der Waals surface area contributed by atoms with Gasteiger partial charge in [-0.3, -0.25) is 14.4 Å². The molecule has 2 fully saturated rings. The summed E-state index contributed by atoms with van der Waals surface area (Å²) in [5.41, 5.74) is 1.08. The summed E-state index contributed by atoms with van der Waals surface area (Å²) in [6.07, 6.45) is -1.40. The fraction of sp³-hybridized carbons (Fsp3) is 0.273. The van der Waals surface area contributed by atoms with E-state index in [9.17, 15) is 24.3 Å². The Kier molecular flexibility index (Phi) is 5.33. The van der Waals surface area contributed by atoms with Gasteiger partial charge in [-0.15, -0.1) is 0 Å². The van der Waals surface area contributed by atoms with Gasteiger partial charge in [0.15, 0.2) is 6.61 Å². The summed E-state index contributed by atoms with van der Waals surface area (Å²) >= 11 is 0. The number of ether oxygens (including phenoxy) is 1. The van der Waals surface area contributed by atoms with Gasteiger partial charge >= 0.3 is 5.97 Å². The summed E-state index contributed by atoms with van der Waals surface area (Å²) < 4.78 is 5.38. The average Bonchev–Trinajstić information content (AvgIpc) is 3.13. The van der Waals surface area contributed by atoms with Gasteiger partial charge in [-0.25, -0.2) is 4.79 Å². The predicted molar refractivity (Wildman–Crippen MR) is 108 cm³/mol. The highest BCUT2D eigenvalue weighted by Gasteiger charge is 2.61. The van der Waals surface area contributed by atoms with E-state index in [2.05, 4.69) is 5.32 Å². The number of fused-ring (bicyclic) bond motifs is 1. The quantitative estimate of drug-likeness (QED) is 0.659. The molecule has 2 aliphatic heterocycles. The van der Waals surface area contributed by atoms with Crippen LogP contribution in [0.25, 0.3) is 0 Å². The van der Waals surface area contributed by atoms with Crippen molar-refractivity contribution in [3.8, 4) is 5.75 Å². The molecule has 3 atom stereocenters. The molecule has 0 aromatic heterocycles. The Morgan fingerprint density at radius 2 is 1.77 bits per heavy atom. The molecule has 2 saturated heterocycles. The third-order valence-corrected chi connectivity index (χ3v) is 5.49. The molecule has 2 unspecified atom stereocenters. The van der Waals surface area contributed by atoms with Crippen molar-refractivity contribution >= 4 is 23.7 Å². The van der Waals surface area contributed by atoms with Gasteiger partial charge < -0.3 is 25.0 Å². The molecular formula is C22H21N3O6. The molecule has 0 aliphatic carbocycles. The van der Waals surface area contributed by atoms with E-state index < -0.39 is 41.9 Å². The molecule has 160 valence electrons. The molecule has 2 aromatic carbocycles. The number of carboxylic acids is 1. The van der Waals surface area contributed by atoms with Crippen LogP contribution < -0.4 is 10.1 Å². The zero-order valence-electron chi connectivity index (χ0n) is 16.7. The molecule has 0 radical (unpaired) electrons. The molecule has 2 heterocycles. The number of hydrogen-bond donors (Lipinski definition) is 2. The second-order valence-electron chi connectivity index (χ2n) is 7.44. The molecule has 4 rings (SSSR count). The maximum absolute atomic E-state index is 13.0. The summed E-state index contributed by atoms with van der Waals surface area (Å²) in [5, 5.41) is 12.3. The van der Waals surface area contributed by atoms with Crippen LogP contribution in [0.2, 0.25) is 0 Å². The largest absolute Gasteiger partial charge is 0.484 e. The van der Waals surface area contributed by atoms with E-state index in [0.29, 0.717) is 16.9 Å². The first kappa shape index (κ1) is 20.4. The molecule has 2 aliphatic rings. The Balaban J connectivity index is 1.45. The molecule has 9 heteroatoms. The van der Waals surface area contributed by atoms with Crippen LogP contribution in [0.1, 0.15) is 15.9 Å². The van der Waals surface area contributed by atoms with Crippen LogP contribution in [-0.2, 0) is 14.4 Å². The third kappa shape index (κ3) is 3.70. The van der Waals surface area contributed by atoms with Gasteiger partial charge in [-0.05, 0) is 30.7 Å². The first-order valence-electron chi connectivity index (χ1n) is 9.77. The Morgan fingerprint density at radius 1 is 1.10 bits per heavy atom. The second-order valence-corrected chi connectivity index (χ2v) is 7.44. The minimum atomic E-state index is -1.40. The minimum absolute atomic E-state index is 0.0142. The van der Waals surface area contributed by atoms with Crippen molar-refractivity contribution in [2.75, 3.05) is 13.2 Å². The molecule has 2 N–H and O–H groups in total. The van der Waals surface area contributed by atoms with Crippen molar-refractivity contribution in [2.45, 2.75) is 25.2 Å². The number of para-hydroxylation sites is 1. The van der Waals surface area contributed by atoms with Crippen molar-refractivity contribution < 1.29 is 29.0 Å². The van der Waals surface area contributed by atoms with E-state index in [-0.39, 0.29) is 13.2 Å². The molecule has 9 nitrogen and oxygen atoms in total. The smallest absolute Gasteiger partial charge is 0.347 e. The summed E-state index contributed by atoms with van der Waals surface area (Å²) in [7, 11) is 0. The highest BCUT2D eigenvalue weighted by atomic mass is 16.5. The maximum atomic E-state index is 13.0. The number of carboxylic acid groups (broad SMARTS) is 1. The van der Waals surface area contributed by atoms with Crippen LogP contribution in [0.5, 0.6) is 5.75 Å². The van der Waals surface area contributed by atoms with E-state index >= 15 is 0 Å². The lowest BCUT2D eigenvalue weighted by Gasteiger charge is -2.43. The van der Waals surface area contributed by atoms with Gasteiger partial charge in [0.2, 0.25) is 12.1 Å². The number of amides is 3. The first-order valence-corrected chi connectivity index (χ1v) is 9.77.